The lowest BCUT2D eigenvalue weighted by atomic mass is 9.99. The van der Waals surface area contributed by atoms with Gasteiger partial charge in [-0.2, -0.15) is 0 Å². The second-order valence-corrected chi connectivity index (χ2v) is 8.35. The summed E-state index contributed by atoms with van der Waals surface area (Å²) < 4.78 is 10.5. The number of amides is 2. The third kappa shape index (κ3) is 5.31. The first kappa shape index (κ1) is 23.6. The van der Waals surface area contributed by atoms with E-state index in [4.69, 9.17) is 9.47 Å². The largest absolute Gasteiger partial charge is 0.435 e. The number of nitrogens with one attached hydrogen (secondary N) is 1. The van der Waals surface area contributed by atoms with Crippen LogP contribution in [0.2, 0.25) is 0 Å². The van der Waals surface area contributed by atoms with Crippen molar-refractivity contribution in [2.75, 3.05) is 19.7 Å². The Kier molecular flexibility index (Phi) is 7.32. The van der Waals surface area contributed by atoms with Crippen molar-refractivity contribution in [3.05, 3.63) is 54.4 Å². The molecule has 2 aromatic rings. The summed E-state index contributed by atoms with van der Waals surface area (Å²) in [5, 5.41) is 4.36. The van der Waals surface area contributed by atoms with E-state index in [9.17, 15) is 19.2 Å². The Morgan fingerprint density at radius 3 is 2.85 bits per heavy atom. The lowest BCUT2D eigenvalue weighted by Crippen LogP contribution is -2.49. The molecular formula is C25H27N3O6. The topological polar surface area (TPSA) is 115 Å². The summed E-state index contributed by atoms with van der Waals surface area (Å²) in [6.45, 7) is 2.30. The summed E-state index contributed by atoms with van der Waals surface area (Å²) in [7, 11) is 0. The maximum Gasteiger partial charge on any atom is 0.308 e. The first-order valence-electron chi connectivity index (χ1n) is 11.4. The van der Waals surface area contributed by atoms with E-state index in [1.54, 1.807) is 19.2 Å². The van der Waals surface area contributed by atoms with Crippen LogP contribution < -0.4 is 5.32 Å². The van der Waals surface area contributed by atoms with Gasteiger partial charge in [0.2, 0.25) is 12.2 Å². The predicted molar refractivity (Wildman–Crippen MR) is 123 cm³/mol. The third-order valence-electron chi connectivity index (χ3n) is 5.92. The standard InChI is InChI=1S/C25H27N3O6/c1-2-33-25-17(14-21(30)34-25)13-18(29)15-28-12-6-5-9-20(24(28)32)27-23(31)22-19-8-4-3-7-16(19)10-11-26-22/h3-8,10-11,17,20,25H,2,9,12-15H2,1H3,(H,27,31). The number of hydrogen-bond donors (Lipinski definition) is 1. The highest BCUT2D eigenvalue weighted by atomic mass is 16.7. The molecule has 0 spiro atoms. The van der Waals surface area contributed by atoms with Gasteiger partial charge in [0.1, 0.15) is 11.7 Å². The number of fused-ring (bicyclic) bond motifs is 1. The Bertz CT molecular complexity index is 1130. The molecule has 3 heterocycles. The number of Topliss-reactive ketones (excluding diaryl/α,β-unsaturated/α-hetero) is 1. The molecular weight excluding hydrogens is 438 g/mol. The second kappa shape index (κ2) is 10.6. The summed E-state index contributed by atoms with van der Waals surface area (Å²) in [6.07, 6.45) is 4.95. The first-order chi connectivity index (χ1) is 16.5. The number of esters is 1. The average molecular weight is 466 g/mol. The molecule has 4 rings (SSSR count). The Hall–Kier alpha value is -3.59. The normalized spacial score (nSPS) is 22.5. The molecule has 9 nitrogen and oxygen atoms in total. The molecule has 1 N–H and O–H groups in total. The smallest absolute Gasteiger partial charge is 0.308 e. The van der Waals surface area contributed by atoms with Gasteiger partial charge in [0.05, 0.1) is 13.0 Å². The molecule has 1 saturated heterocycles. The summed E-state index contributed by atoms with van der Waals surface area (Å²) in [4.78, 5) is 56.1. The van der Waals surface area contributed by atoms with Crippen LogP contribution in [0.1, 0.15) is 36.7 Å². The number of benzene rings is 1. The molecule has 3 atom stereocenters. The minimum Gasteiger partial charge on any atom is -0.435 e. The molecule has 0 bridgehead atoms. The summed E-state index contributed by atoms with van der Waals surface area (Å²) in [5.74, 6) is -1.75. The van der Waals surface area contributed by atoms with E-state index in [2.05, 4.69) is 10.3 Å². The Balaban J connectivity index is 1.41. The van der Waals surface area contributed by atoms with Crippen LogP contribution in [0, 0.1) is 5.92 Å². The van der Waals surface area contributed by atoms with Crippen molar-refractivity contribution in [3.8, 4) is 0 Å². The number of carbonyl (C=O) groups is 4. The number of aromatic nitrogens is 1. The minimum atomic E-state index is -0.813. The van der Waals surface area contributed by atoms with Gasteiger partial charge in [-0.25, -0.2) is 0 Å². The second-order valence-electron chi connectivity index (χ2n) is 8.35. The Morgan fingerprint density at radius 1 is 1.21 bits per heavy atom. The molecule has 1 aromatic heterocycles. The summed E-state index contributed by atoms with van der Waals surface area (Å²) in [5.41, 5.74) is 0.245. The maximum absolute atomic E-state index is 13.2. The monoisotopic (exact) mass is 465 g/mol. The number of ether oxygens (including phenoxy) is 2. The SMILES string of the molecule is CCOC1OC(=O)CC1CC(=O)CN1CC=CCC(NC(=O)c2nccc3ccccc23)C1=O. The van der Waals surface area contributed by atoms with E-state index in [1.165, 1.54) is 4.90 Å². The summed E-state index contributed by atoms with van der Waals surface area (Å²) in [6, 6.07) is 8.41. The minimum absolute atomic E-state index is 0.0703. The highest BCUT2D eigenvalue weighted by molar-refractivity contribution is 6.06. The lowest BCUT2D eigenvalue weighted by Gasteiger charge is -2.25. The molecule has 9 heteroatoms. The Labute approximate surface area is 197 Å². The van der Waals surface area contributed by atoms with Gasteiger partial charge in [-0.05, 0) is 24.8 Å². The van der Waals surface area contributed by atoms with Crippen molar-refractivity contribution in [2.45, 2.75) is 38.5 Å². The highest BCUT2D eigenvalue weighted by Crippen LogP contribution is 2.26. The van der Waals surface area contributed by atoms with Crippen molar-refractivity contribution in [1.82, 2.24) is 15.2 Å². The van der Waals surface area contributed by atoms with Crippen LogP contribution in [0.4, 0.5) is 0 Å². The van der Waals surface area contributed by atoms with Crippen molar-refractivity contribution >= 4 is 34.3 Å². The molecule has 1 aromatic carbocycles. The van der Waals surface area contributed by atoms with Crippen LogP contribution in [0.25, 0.3) is 10.8 Å². The molecule has 0 aliphatic carbocycles. The van der Waals surface area contributed by atoms with Crippen LogP contribution in [0.5, 0.6) is 0 Å². The molecule has 178 valence electrons. The van der Waals surface area contributed by atoms with Crippen LogP contribution in [-0.4, -0.2) is 65.5 Å². The fraction of sp³-hybridized carbons (Fsp3) is 0.400. The number of rotatable bonds is 8. The van der Waals surface area contributed by atoms with Gasteiger partial charge in [-0.1, -0.05) is 36.4 Å². The summed E-state index contributed by atoms with van der Waals surface area (Å²) >= 11 is 0. The number of nitrogens with zero attached hydrogens (tertiary/aromatic N) is 2. The van der Waals surface area contributed by atoms with Gasteiger partial charge in [-0.3, -0.25) is 24.2 Å². The molecule has 34 heavy (non-hydrogen) atoms. The molecule has 2 aliphatic heterocycles. The van der Waals surface area contributed by atoms with Crippen molar-refractivity contribution < 1.29 is 28.7 Å². The lowest BCUT2D eigenvalue weighted by molar-refractivity contribution is -0.167. The van der Waals surface area contributed by atoms with Crippen LogP contribution >= 0.6 is 0 Å². The molecule has 0 saturated carbocycles. The third-order valence-corrected chi connectivity index (χ3v) is 5.92. The zero-order chi connectivity index (χ0) is 24.1. The van der Waals surface area contributed by atoms with E-state index in [-0.39, 0.29) is 49.2 Å². The van der Waals surface area contributed by atoms with Crippen molar-refractivity contribution in [1.29, 1.82) is 0 Å². The van der Waals surface area contributed by atoms with Crippen LogP contribution in [-0.2, 0) is 23.9 Å². The van der Waals surface area contributed by atoms with Gasteiger partial charge >= 0.3 is 5.97 Å². The average Bonchev–Trinajstić information content (AvgIpc) is 3.08. The van der Waals surface area contributed by atoms with Gasteiger partial charge in [0.25, 0.3) is 5.91 Å². The Morgan fingerprint density at radius 2 is 2.03 bits per heavy atom. The highest BCUT2D eigenvalue weighted by Gasteiger charge is 2.37. The zero-order valence-electron chi connectivity index (χ0n) is 18.9. The van der Waals surface area contributed by atoms with E-state index >= 15 is 0 Å². The number of pyridine rings is 1. The van der Waals surface area contributed by atoms with Crippen LogP contribution in [0.15, 0.2) is 48.7 Å². The van der Waals surface area contributed by atoms with E-state index in [0.717, 1.165) is 5.39 Å². The van der Waals surface area contributed by atoms with Gasteiger partial charge < -0.3 is 19.7 Å². The fourth-order valence-electron chi connectivity index (χ4n) is 4.29. The van der Waals surface area contributed by atoms with E-state index < -0.39 is 24.2 Å². The molecule has 3 unspecified atom stereocenters. The van der Waals surface area contributed by atoms with E-state index in [0.29, 0.717) is 18.4 Å². The molecule has 2 amide bonds. The van der Waals surface area contributed by atoms with Gasteiger partial charge in [0, 0.05) is 37.1 Å². The van der Waals surface area contributed by atoms with Crippen molar-refractivity contribution in [3.63, 3.8) is 0 Å². The van der Waals surface area contributed by atoms with Gasteiger partial charge in [-0.15, -0.1) is 0 Å². The van der Waals surface area contributed by atoms with Gasteiger partial charge in [0.15, 0.2) is 5.78 Å². The number of cyclic esters (lactones) is 1. The fourth-order valence-corrected chi connectivity index (χ4v) is 4.29. The van der Waals surface area contributed by atoms with Crippen molar-refractivity contribution in [2.24, 2.45) is 5.92 Å². The maximum atomic E-state index is 13.2. The molecule has 1 fully saturated rings. The number of ketones is 1. The van der Waals surface area contributed by atoms with Crippen LogP contribution in [0.3, 0.4) is 0 Å². The predicted octanol–water partition coefficient (Wildman–Crippen LogP) is 2.01. The number of hydrogen-bond acceptors (Lipinski definition) is 7. The number of carbonyl (C=O) groups excluding carboxylic acids is 4. The van der Waals surface area contributed by atoms with E-state index in [1.807, 2.05) is 36.4 Å². The quantitative estimate of drug-likeness (QED) is 0.468. The molecule has 0 radical (unpaired) electrons. The molecule has 2 aliphatic rings. The zero-order valence-corrected chi connectivity index (χ0v) is 18.9. The first-order valence-corrected chi connectivity index (χ1v) is 11.4.